The van der Waals surface area contributed by atoms with Gasteiger partial charge >= 0.3 is 6.03 Å². The number of hydrogen-bond acceptors (Lipinski definition) is 3. The summed E-state index contributed by atoms with van der Waals surface area (Å²) in [6, 6.07) is 0.179. The van der Waals surface area contributed by atoms with Crippen LogP contribution in [0, 0.1) is 13.8 Å². The van der Waals surface area contributed by atoms with Crippen LogP contribution in [0.3, 0.4) is 0 Å². The lowest BCUT2D eigenvalue weighted by Crippen LogP contribution is -2.44. The zero-order valence-electron chi connectivity index (χ0n) is 13.4. The van der Waals surface area contributed by atoms with Crippen molar-refractivity contribution in [3.05, 3.63) is 17.0 Å². The quantitative estimate of drug-likeness (QED) is 0.838. The summed E-state index contributed by atoms with van der Waals surface area (Å²) in [4.78, 5) is 14.2. The summed E-state index contributed by atoms with van der Waals surface area (Å²) in [6.07, 6.45) is 2.89. The van der Waals surface area contributed by atoms with Crippen molar-refractivity contribution in [1.82, 2.24) is 20.0 Å². The second kappa shape index (κ2) is 6.47. The molecule has 0 bridgehead atoms. The normalized spacial score (nSPS) is 15.9. The highest BCUT2D eigenvalue weighted by Gasteiger charge is 2.33. The van der Waals surface area contributed by atoms with Gasteiger partial charge in [0.2, 0.25) is 0 Å². The molecule has 2 amide bonds. The Labute approximate surface area is 126 Å². The number of aryl methyl sites for hydroxylation is 2. The maximum absolute atomic E-state index is 12.5. The Morgan fingerprint density at radius 1 is 1.52 bits per heavy atom. The Balaban J connectivity index is 2.12. The first-order valence-electron chi connectivity index (χ1n) is 7.67. The van der Waals surface area contributed by atoms with Crippen molar-refractivity contribution in [2.24, 2.45) is 7.05 Å². The molecule has 1 aliphatic rings. The molecule has 2 N–H and O–H groups in total. The molecular weight excluding hydrogens is 268 g/mol. The van der Waals surface area contributed by atoms with Gasteiger partial charge in [0, 0.05) is 30.9 Å². The van der Waals surface area contributed by atoms with Crippen LogP contribution in [0.5, 0.6) is 0 Å². The SMILES string of the molecule is CCC(NC(=O)N(CCO)C1CC1)c1c(C)nn(C)c1C. The lowest BCUT2D eigenvalue weighted by Gasteiger charge is -2.26. The van der Waals surface area contributed by atoms with Crippen LogP contribution < -0.4 is 5.32 Å². The molecule has 0 aromatic carbocycles. The number of carbonyl (C=O) groups is 1. The van der Waals surface area contributed by atoms with Crippen LogP contribution in [0.1, 0.15) is 49.2 Å². The van der Waals surface area contributed by atoms with Crippen LogP contribution in [0.15, 0.2) is 0 Å². The number of hydrogen-bond donors (Lipinski definition) is 2. The van der Waals surface area contributed by atoms with E-state index in [0.29, 0.717) is 12.6 Å². The molecule has 0 spiro atoms. The molecule has 1 saturated carbocycles. The van der Waals surface area contributed by atoms with Gasteiger partial charge in [-0.15, -0.1) is 0 Å². The third-order valence-electron chi connectivity index (χ3n) is 4.21. The molecule has 1 unspecified atom stereocenters. The van der Waals surface area contributed by atoms with Gasteiger partial charge in [0.25, 0.3) is 0 Å². The van der Waals surface area contributed by atoms with Crippen molar-refractivity contribution in [2.75, 3.05) is 13.2 Å². The van der Waals surface area contributed by atoms with Crippen molar-refractivity contribution < 1.29 is 9.90 Å². The maximum atomic E-state index is 12.5. The molecule has 21 heavy (non-hydrogen) atoms. The molecule has 6 heteroatoms. The van der Waals surface area contributed by atoms with Crippen LogP contribution in [-0.4, -0.2) is 45.0 Å². The Kier molecular flexibility index (Phi) is 4.88. The molecule has 0 saturated heterocycles. The van der Waals surface area contributed by atoms with E-state index in [1.165, 1.54) is 0 Å². The number of urea groups is 1. The Morgan fingerprint density at radius 2 is 2.19 bits per heavy atom. The first kappa shape index (κ1) is 15.8. The zero-order chi connectivity index (χ0) is 15.6. The highest BCUT2D eigenvalue weighted by Crippen LogP contribution is 2.28. The largest absolute Gasteiger partial charge is 0.395 e. The van der Waals surface area contributed by atoms with Gasteiger partial charge in [0.05, 0.1) is 18.3 Å². The topological polar surface area (TPSA) is 70.4 Å². The van der Waals surface area contributed by atoms with Gasteiger partial charge in [-0.05, 0) is 33.1 Å². The number of amides is 2. The van der Waals surface area contributed by atoms with E-state index in [1.807, 2.05) is 25.6 Å². The lowest BCUT2D eigenvalue weighted by molar-refractivity contribution is 0.170. The van der Waals surface area contributed by atoms with Crippen LogP contribution in [0.25, 0.3) is 0 Å². The molecule has 1 aromatic heterocycles. The van der Waals surface area contributed by atoms with Crippen molar-refractivity contribution in [3.8, 4) is 0 Å². The minimum atomic E-state index is -0.0824. The minimum Gasteiger partial charge on any atom is -0.395 e. The average molecular weight is 294 g/mol. The predicted molar refractivity (Wildman–Crippen MR) is 81.1 cm³/mol. The molecule has 118 valence electrons. The van der Waals surface area contributed by atoms with Crippen LogP contribution in [-0.2, 0) is 7.05 Å². The molecular formula is C15H26N4O2. The molecule has 1 atom stereocenters. The van der Waals surface area contributed by atoms with Gasteiger partial charge in [0.15, 0.2) is 0 Å². The highest BCUT2D eigenvalue weighted by atomic mass is 16.3. The molecule has 0 radical (unpaired) electrons. The Hall–Kier alpha value is -1.56. The fourth-order valence-electron chi connectivity index (χ4n) is 2.85. The average Bonchev–Trinajstić information content (AvgIpc) is 3.23. The second-order valence-corrected chi connectivity index (χ2v) is 5.77. The summed E-state index contributed by atoms with van der Waals surface area (Å²) in [5.41, 5.74) is 3.15. The first-order valence-corrected chi connectivity index (χ1v) is 7.67. The monoisotopic (exact) mass is 294 g/mol. The zero-order valence-corrected chi connectivity index (χ0v) is 13.4. The number of nitrogens with zero attached hydrogens (tertiary/aromatic N) is 3. The minimum absolute atomic E-state index is 0.00561. The summed E-state index contributed by atoms with van der Waals surface area (Å²) in [5.74, 6) is 0. The standard InChI is InChI=1S/C15H26N4O2/c1-5-13(14-10(2)17-18(4)11(14)3)16-15(21)19(8-9-20)12-6-7-12/h12-13,20H,5-9H2,1-4H3,(H,16,21). The maximum Gasteiger partial charge on any atom is 0.318 e. The molecule has 0 aliphatic heterocycles. The Morgan fingerprint density at radius 3 is 2.62 bits per heavy atom. The molecule has 1 heterocycles. The predicted octanol–water partition coefficient (Wildman–Crippen LogP) is 1.65. The van der Waals surface area contributed by atoms with Crippen LogP contribution >= 0.6 is 0 Å². The van der Waals surface area contributed by atoms with E-state index in [9.17, 15) is 4.79 Å². The number of aromatic nitrogens is 2. The number of aliphatic hydroxyl groups excluding tert-OH is 1. The molecule has 1 aliphatic carbocycles. The van der Waals surface area contributed by atoms with Crippen LogP contribution in [0.2, 0.25) is 0 Å². The van der Waals surface area contributed by atoms with Gasteiger partial charge in [-0.1, -0.05) is 6.92 Å². The number of rotatable bonds is 6. The van der Waals surface area contributed by atoms with Crippen molar-refractivity contribution in [2.45, 2.75) is 52.1 Å². The van der Waals surface area contributed by atoms with Gasteiger partial charge in [-0.2, -0.15) is 5.10 Å². The van der Waals surface area contributed by atoms with E-state index in [-0.39, 0.29) is 18.7 Å². The number of nitrogens with one attached hydrogen (secondary N) is 1. The summed E-state index contributed by atoms with van der Waals surface area (Å²) < 4.78 is 1.85. The molecule has 1 aromatic rings. The fraction of sp³-hybridized carbons (Fsp3) is 0.733. The molecule has 2 rings (SSSR count). The van der Waals surface area contributed by atoms with E-state index in [4.69, 9.17) is 5.11 Å². The summed E-state index contributed by atoms with van der Waals surface area (Å²) in [6.45, 7) is 6.47. The van der Waals surface area contributed by atoms with Gasteiger partial charge in [-0.25, -0.2) is 4.79 Å². The lowest BCUT2D eigenvalue weighted by atomic mass is 10.0. The van der Waals surface area contributed by atoms with Gasteiger partial charge < -0.3 is 15.3 Å². The van der Waals surface area contributed by atoms with E-state index in [0.717, 1.165) is 36.2 Å². The van der Waals surface area contributed by atoms with Crippen molar-refractivity contribution in [3.63, 3.8) is 0 Å². The second-order valence-electron chi connectivity index (χ2n) is 5.77. The van der Waals surface area contributed by atoms with Gasteiger partial charge in [-0.3, -0.25) is 4.68 Å². The number of aliphatic hydroxyl groups is 1. The molecule has 1 fully saturated rings. The summed E-state index contributed by atoms with van der Waals surface area (Å²) in [7, 11) is 1.92. The van der Waals surface area contributed by atoms with E-state index in [1.54, 1.807) is 4.90 Å². The summed E-state index contributed by atoms with van der Waals surface area (Å²) in [5, 5.41) is 16.7. The van der Waals surface area contributed by atoms with Crippen molar-refractivity contribution in [1.29, 1.82) is 0 Å². The number of carbonyl (C=O) groups excluding carboxylic acids is 1. The molecule has 6 nitrogen and oxygen atoms in total. The third-order valence-corrected chi connectivity index (χ3v) is 4.21. The van der Waals surface area contributed by atoms with Gasteiger partial charge in [0.1, 0.15) is 0 Å². The van der Waals surface area contributed by atoms with E-state index >= 15 is 0 Å². The smallest absolute Gasteiger partial charge is 0.318 e. The van der Waals surface area contributed by atoms with E-state index in [2.05, 4.69) is 17.3 Å². The third kappa shape index (κ3) is 3.37. The van der Waals surface area contributed by atoms with E-state index < -0.39 is 0 Å². The highest BCUT2D eigenvalue weighted by molar-refractivity contribution is 5.75. The van der Waals surface area contributed by atoms with Crippen molar-refractivity contribution >= 4 is 6.03 Å². The van der Waals surface area contributed by atoms with Crippen LogP contribution in [0.4, 0.5) is 4.79 Å². The first-order chi connectivity index (χ1) is 9.99. The Bertz CT molecular complexity index is 508. The summed E-state index contributed by atoms with van der Waals surface area (Å²) >= 11 is 0. The fourth-order valence-corrected chi connectivity index (χ4v) is 2.85.